The number of rotatable bonds is 9. The molecule has 0 heteroatoms. The zero-order valence-electron chi connectivity index (χ0n) is 20.5. The number of hydrogen-bond donors (Lipinski definition) is 0. The Morgan fingerprint density at radius 1 is 0.875 bits per heavy atom. The van der Waals surface area contributed by atoms with E-state index in [4.69, 9.17) is 0 Å². The highest BCUT2D eigenvalue weighted by atomic mass is 14.3. The van der Waals surface area contributed by atoms with Crippen molar-refractivity contribution in [1.82, 2.24) is 0 Å². The Kier molecular flexibility index (Phi) is 8.35. The van der Waals surface area contributed by atoms with Gasteiger partial charge >= 0.3 is 0 Å². The molecule has 0 aliphatic heterocycles. The van der Waals surface area contributed by atoms with Crippen LogP contribution in [0.3, 0.4) is 0 Å². The molecular weight excluding hydrogens is 384 g/mol. The van der Waals surface area contributed by atoms with Gasteiger partial charge in [-0.25, -0.2) is 0 Å². The molecule has 0 aromatic heterocycles. The van der Waals surface area contributed by atoms with Gasteiger partial charge < -0.3 is 0 Å². The molecule has 0 aliphatic rings. The number of hydrogen-bond acceptors (Lipinski definition) is 0. The summed E-state index contributed by atoms with van der Waals surface area (Å²) in [7, 11) is 0. The lowest BCUT2D eigenvalue weighted by Crippen LogP contribution is -2.23. The van der Waals surface area contributed by atoms with E-state index in [0.717, 1.165) is 5.56 Å². The van der Waals surface area contributed by atoms with Gasteiger partial charge in [-0.15, -0.1) is 5.92 Å². The van der Waals surface area contributed by atoms with Crippen LogP contribution in [0.15, 0.2) is 72.8 Å². The van der Waals surface area contributed by atoms with Gasteiger partial charge in [0.15, 0.2) is 0 Å². The predicted molar refractivity (Wildman–Crippen MR) is 140 cm³/mol. The molecule has 0 aliphatic carbocycles. The van der Waals surface area contributed by atoms with Crippen molar-refractivity contribution >= 4 is 0 Å². The van der Waals surface area contributed by atoms with Crippen LogP contribution in [0.5, 0.6) is 0 Å². The molecule has 2 atom stereocenters. The second kappa shape index (κ2) is 11.2. The summed E-state index contributed by atoms with van der Waals surface area (Å²) >= 11 is 0. The molecule has 0 fully saturated rings. The van der Waals surface area contributed by atoms with Crippen LogP contribution in [0.4, 0.5) is 0 Å². The highest BCUT2D eigenvalue weighted by Gasteiger charge is 2.26. The van der Waals surface area contributed by atoms with Crippen molar-refractivity contribution in [3.05, 3.63) is 95.1 Å². The average Bonchev–Trinajstić information content (AvgIpc) is 2.80. The van der Waals surface area contributed by atoms with E-state index >= 15 is 0 Å². The van der Waals surface area contributed by atoms with Crippen LogP contribution in [-0.2, 0) is 11.8 Å². The fourth-order valence-corrected chi connectivity index (χ4v) is 4.74. The first kappa shape index (κ1) is 23.9. The van der Waals surface area contributed by atoms with Crippen molar-refractivity contribution in [2.24, 2.45) is 5.92 Å². The number of benzene rings is 3. The Morgan fingerprint density at radius 3 is 2.25 bits per heavy atom. The van der Waals surface area contributed by atoms with E-state index in [2.05, 4.69) is 112 Å². The Hall–Kier alpha value is -2.78. The lowest BCUT2D eigenvalue weighted by atomic mass is 9.73. The third-order valence-corrected chi connectivity index (χ3v) is 6.74. The molecule has 0 saturated carbocycles. The summed E-state index contributed by atoms with van der Waals surface area (Å²) in [6.07, 6.45) is 6.09. The molecule has 3 rings (SSSR count). The van der Waals surface area contributed by atoms with Crippen molar-refractivity contribution in [3.8, 4) is 23.0 Å². The van der Waals surface area contributed by atoms with Gasteiger partial charge in [0.1, 0.15) is 0 Å². The van der Waals surface area contributed by atoms with Crippen LogP contribution in [-0.4, -0.2) is 0 Å². The molecule has 0 amide bonds. The molecule has 0 saturated heterocycles. The molecule has 3 aromatic carbocycles. The first-order chi connectivity index (χ1) is 15.4. The molecule has 0 heterocycles. The van der Waals surface area contributed by atoms with E-state index in [1.807, 2.05) is 6.92 Å². The maximum absolute atomic E-state index is 3.17. The molecule has 0 N–H and O–H groups in total. The van der Waals surface area contributed by atoms with Gasteiger partial charge in [-0.05, 0) is 85.3 Å². The normalized spacial score (nSPS) is 13.7. The van der Waals surface area contributed by atoms with Crippen LogP contribution >= 0.6 is 0 Å². The number of aryl methyl sites for hydroxylation is 1. The minimum absolute atomic E-state index is 0.227. The van der Waals surface area contributed by atoms with Crippen molar-refractivity contribution in [3.63, 3.8) is 0 Å². The summed E-state index contributed by atoms with van der Waals surface area (Å²) in [5, 5.41) is 0. The van der Waals surface area contributed by atoms with Gasteiger partial charge in [0.2, 0.25) is 0 Å². The van der Waals surface area contributed by atoms with Crippen molar-refractivity contribution in [1.29, 1.82) is 0 Å². The molecule has 2 unspecified atom stereocenters. The highest BCUT2D eigenvalue weighted by Crippen LogP contribution is 2.36. The zero-order valence-corrected chi connectivity index (χ0v) is 20.5. The van der Waals surface area contributed by atoms with E-state index < -0.39 is 0 Å². The van der Waals surface area contributed by atoms with Gasteiger partial charge in [-0.1, -0.05) is 99.3 Å². The standard InChI is InChI=1S/C32H38/c1-6-9-27-10-8-11-30(24-27)29-16-18-31(19-17-29)32(5,21-7-2)22-20-26(4)23-28-14-12-25(3)13-15-28/h8,10-19,24,26H,7,20-23H2,1-5H3. The molecule has 166 valence electrons. The van der Waals surface area contributed by atoms with Crippen molar-refractivity contribution < 1.29 is 0 Å². The van der Waals surface area contributed by atoms with Crippen molar-refractivity contribution in [2.45, 2.75) is 72.1 Å². The lowest BCUT2D eigenvalue weighted by molar-refractivity contribution is 0.348. The topological polar surface area (TPSA) is 0 Å². The quantitative estimate of drug-likeness (QED) is 0.302. The van der Waals surface area contributed by atoms with Crippen LogP contribution in [0.2, 0.25) is 0 Å². The van der Waals surface area contributed by atoms with E-state index in [1.165, 1.54) is 59.9 Å². The van der Waals surface area contributed by atoms with E-state index in [0.29, 0.717) is 5.92 Å². The monoisotopic (exact) mass is 422 g/mol. The minimum Gasteiger partial charge on any atom is -0.101 e. The van der Waals surface area contributed by atoms with Gasteiger partial charge in [0.25, 0.3) is 0 Å². The molecule has 32 heavy (non-hydrogen) atoms. The Balaban J connectivity index is 1.71. The van der Waals surface area contributed by atoms with Crippen LogP contribution in [0.1, 0.15) is 75.6 Å². The van der Waals surface area contributed by atoms with Gasteiger partial charge in [-0.3, -0.25) is 0 Å². The summed E-state index contributed by atoms with van der Waals surface area (Å²) in [6, 6.07) is 26.9. The molecule has 3 aromatic rings. The minimum atomic E-state index is 0.227. The second-order valence-electron chi connectivity index (χ2n) is 9.68. The summed E-state index contributed by atoms with van der Waals surface area (Å²) in [5.74, 6) is 6.85. The first-order valence-corrected chi connectivity index (χ1v) is 12.1. The smallest absolute Gasteiger partial charge is 0.0251 e. The first-order valence-electron chi connectivity index (χ1n) is 12.1. The zero-order chi connectivity index (χ0) is 23.0. The van der Waals surface area contributed by atoms with Gasteiger partial charge in [0.05, 0.1) is 0 Å². The van der Waals surface area contributed by atoms with Crippen LogP contribution < -0.4 is 0 Å². The van der Waals surface area contributed by atoms with Crippen molar-refractivity contribution in [2.75, 3.05) is 0 Å². The summed E-state index contributed by atoms with van der Waals surface area (Å²) in [5.41, 5.74) is 8.07. The van der Waals surface area contributed by atoms with Crippen LogP contribution in [0, 0.1) is 24.7 Å². The molecule has 0 nitrogen and oxygen atoms in total. The third kappa shape index (κ3) is 6.37. The van der Waals surface area contributed by atoms with Crippen LogP contribution in [0.25, 0.3) is 11.1 Å². The van der Waals surface area contributed by atoms with E-state index in [1.54, 1.807) is 0 Å². The molecular formula is C32H38. The Morgan fingerprint density at radius 2 is 1.59 bits per heavy atom. The molecule has 0 radical (unpaired) electrons. The maximum Gasteiger partial charge on any atom is 0.0251 e. The van der Waals surface area contributed by atoms with Gasteiger partial charge in [0, 0.05) is 5.56 Å². The average molecular weight is 423 g/mol. The predicted octanol–water partition coefficient (Wildman–Crippen LogP) is 8.75. The van der Waals surface area contributed by atoms with Gasteiger partial charge in [-0.2, -0.15) is 0 Å². The summed E-state index contributed by atoms with van der Waals surface area (Å²) in [6.45, 7) is 11.2. The van der Waals surface area contributed by atoms with E-state index in [-0.39, 0.29) is 5.41 Å². The molecule has 0 bridgehead atoms. The second-order valence-corrected chi connectivity index (χ2v) is 9.68. The summed E-state index contributed by atoms with van der Waals surface area (Å²) < 4.78 is 0. The fourth-order valence-electron chi connectivity index (χ4n) is 4.74. The highest BCUT2D eigenvalue weighted by molar-refractivity contribution is 5.66. The largest absolute Gasteiger partial charge is 0.101 e. The van der Waals surface area contributed by atoms with E-state index in [9.17, 15) is 0 Å². The fraction of sp³-hybridized carbons (Fsp3) is 0.375. The SMILES string of the molecule is CC#Cc1cccc(-c2ccc(C(C)(CCC)CCC(C)Cc3ccc(C)cc3)cc2)c1. The third-order valence-electron chi connectivity index (χ3n) is 6.74. The maximum atomic E-state index is 3.17. The Bertz CT molecular complexity index is 1040. The lowest BCUT2D eigenvalue weighted by Gasteiger charge is -2.31. The molecule has 0 spiro atoms. The summed E-state index contributed by atoms with van der Waals surface area (Å²) in [4.78, 5) is 0. The Labute approximate surface area is 196 Å².